The third-order valence-corrected chi connectivity index (χ3v) is 7.57. The number of ether oxygens (including phenoxy) is 2. The van der Waals surface area contributed by atoms with Gasteiger partial charge in [0.05, 0.1) is 24.4 Å². The Labute approximate surface area is 227 Å². The van der Waals surface area contributed by atoms with E-state index in [9.17, 15) is 9.90 Å². The van der Waals surface area contributed by atoms with Crippen LogP contribution in [0.3, 0.4) is 0 Å². The molecule has 1 amide bonds. The number of aliphatic hydroxyl groups excluding tert-OH is 1. The first-order valence-corrected chi connectivity index (χ1v) is 13.6. The van der Waals surface area contributed by atoms with Gasteiger partial charge in [-0.1, -0.05) is 66.7 Å². The average Bonchev–Trinajstić information content (AvgIpc) is 3.00. The molecule has 0 saturated carbocycles. The summed E-state index contributed by atoms with van der Waals surface area (Å²) in [4.78, 5) is 17.5. The first kappa shape index (κ1) is 26.1. The highest BCUT2D eigenvalue weighted by Crippen LogP contribution is 2.39. The lowest BCUT2D eigenvalue weighted by Gasteiger charge is -2.36. The molecule has 0 spiro atoms. The van der Waals surface area contributed by atoms with Crippen molar-refractivity contribution in [2.75, 3.05) is 5.75 Å². The maximum absolute atomic E-state index is 12.3. The van der Waals surface area contributed by atoms with Crippen LogP contribution in [0.15, 0.2) is 108 Å². The van der Waals surface area contributed by atoms with Gasteiger partial charge in [0.1, 0.15) is 0 Å². The number of hydrogen-bond donors (Lipinski definition) is 2. The highest BCUT2D eigenvalue weighted by molar-refractivity contribution is 7.99. The zero-order valence-electron chi connectivity index (χ0n) is 20.9. The number of carbonyl (C=O) groups excluding carboxylic acids is 1. The molecule has 1 fully saturated rings. The van der Waals surface area contributed by atoms with E-state index in [2.05, 4.69) is 22.4 Å². The Hall–Kier alpha value is -3.49. The number of carbonyl (C=O) groups is 1. The first-order valence-electron chi connectivity index (χ1n) is 12.6. The molecule has 4 aromatic rings. The van der Waals surface area contributed by atoms with Crippen molar-refractivity contribution >= 4 is 17.7 Å². The van der Waals surface area contributed by atoms with Crippen LogP contribution in [0, 0.1) is 0 Å². The predicted molar refractivity (Wildman–Crippen MR) is 147 cm³/mol. The van der Waals surface area contributed by atoms with Crippen LogP contribution >= 0.6 is 11.8 Å². The molecule has 3 atom stereocenters. The number of hydrogen-bond acceptors (Lipinski definition) is 6. The minimum absolute atomic E-state index is 0.0000731. The Morgan fingerprint density at radius 1 is 0.895 bits per heavy atom. The van der Waals surface area contributed by atoms with E-state index < -0.39 is 6.29 Å². The van der Waals surface area contributed by atoms with Gasteiger partial charge in [0.25, 0.3) is 5.91 Å². The lowest BCUT2D eigenvalue weighted by molar-refractivity contribution is -0.245. The zero-order chi connectivity index (χ0) is 26.2. The van der Waals surface area contributed by atoms with Gasteiger partial charge in [-0.2, -0.15) is 0 Å². The number of aliphatic hydroxyl groups is 1. The highest BCUT2D eigenvalue weighted by atomic mass is 32.2. The molecule has 1 aliphatic heterocycles. The Kier molecular flexibility index (Phi) is 8.83. The molecule has 0 unspecified atom stereocenters. The molecule has 0 bridgehead atoms. The summed E-state index contributed by atoms with van der Waals surface area (Å²) in [5.74, 6) is 0.656. The Balaban J connectivity index is 1.27. The number of benzene rings is 3. The number of amides is 1. The molecule has 3 aromatic carbocycles. The minimum atomic E-state index is -0.508. The fraction of sp³-hybridized carbons (Fsp3) is 0.226. The molecule has 7 heteroatoms. The maximum atomic E-state index is 12.3. The van der Waals surface area contributed by atoms with E-state index in [0.29, 0.717) is 12.1 Å². The van der Waals surface area contributed by atoms with Gasteiger partial charge in [0, 0.05) is 41.6 Å². The summed E-state index contributed by atoms with van der Waals surface area (Å²) in [5.41, 5.74) is 4.39. The predicted octanol–water partition coefficient (Wildman–Crippen LogP) is 5.84. The summed E-state index contributed by atoms with van der Waals surface area (Å²) in [7, 11) is 0. The smallest absolute Gasteiger partial charge is 0.253 e. The third kappa shape index (κ3) is 6.88. The fourth-order valence-electron chi connectivity index (χ4n) is 4.30. The number of nitrogens with zero attached hydrogens (tertiary/aromatic N) is 1. The second-order valence-corrected chi connectivity index (χ2v) is 10.2. The van der Waals surface area contributed by atoms with Crippen molar-refractivity contribution < 1.29 is 19.4 Å². The molecule has 5 rings (SSSR count). The topological polar surface area (TPSA) is 80.7 Å². The van der Waals surface area contributed by atoms with Crippen LogP contribution in [0.5, 0.6) is 0 Å². The van der Waals surface area contributed by atoms with Crippen LogP contribution in [-0.4, -0.2) is 27.9 Å². The van der Waals surface area contributed by atoms with E-state index in [4.69, 9.17) is 9.47 Å². The standard InChI is InChI=1S/C31H30N2O4S/c34-20-23-10-12-24(13-11-23)29-17-27(21-38-28-6-2-1-3-7-28)36-31(37-29)25-14-8-22(9-15-25)18-33-30(35)26-5-4-16-32-19-26/h1-16,19,27,29,31,34H,17-18,20-21H2,(H,33,35)/t27-,29+,31+/m1/s1. The molecule has 38 heavy (non-hydrogen) atoms. The van der Waals surface area contributed by atoms with Crippen molar-refractivity contribution in [2.45, 2.75) is 43.0 Å². The number of nitrogens with one attached hydrogen (secondary N) is 1. The van der Waals surface area contributed by atoms with Gasteiger partial charge < -0.3 is 19.9 Å². The lowest BCUT2D eigenvalue weighted by atomic mass is 10.0. The van der Waals surface area contributed by atoms with Gasteiger partial charge >= 0.3 is 0 Å². The van der Waals surface area contributed by atoms with Crippen molar-refractivity contribution in [1.29, 1.82) is 0 Å². The van der Waals surface area contributed by atoms with Crippen molar-refractivity contribution in [2.24, 2.45) is 0 Å². The number of pyridine rings is 1. The van der Waals surface area contributed by atoms with E-state index in [-0.39, 0.29) is 24.7 Å². The van der Waals surface area contributed by atoms with Crippen molar-refractivity contribution in [3.05, 3.63) is 131 Å². The lowest BCUT2D eigenvalue weighted by Crippen LogP contribution is -2.31. The van der Waals surface area contributed by atoms with Crippen molar-refractivity contribution in [3.63, 3.8) is 0 Å². The largest absolute Gasteiger partial charge is 0.392 e. The molecular weight excluding hydrogens is 496 g/mol. The van der Waals surface area contributed by atoms with Gasteiger partial charge in [0.2, 0.25) is 0 Å². The fourth-order valence-corrected chi connectivity index (χ4v) is 5.25. The van der Waals surface area contributed by atoms with Crippen LogP contribution in [-0.2, 0) is 22.6 Å². The van der Waals surface area contributed by atoms with Crippen LogP contribution in [0.1, 0.15) is 51.4 Å². The van der Waals surface area contributed by atoms with Gasteiger partial charge in [-0.15, -0.1) is 11.8 Å². The van der Waals surface area contributed by atoms with Crippen LogP contribution < -0.4 is 5.32 Å². The van der Waals surface area contributed by atoms with E-state index >= 15 is 0 Å². The molecular formula is C31H30N2O4S. The van der Waals surface area contributed by atoms with E-state index in [1.807, 2.05) is 66.7 Å². The number of aromatic nitrogens is 1. The van der Waals surface area contributed by atoms with Gasteiger partial charge in [-0.05, 0) is 41.0 Å². The summed E-state index contributed by atoms with van der Waals surface area (Å²) in [6, 6.07) is 29.7. The summed E-state index contributed by atoms with van der Waals surface area (Å²) < 4.78 is 12.9. The van der Waals surface area contributed by atoms with E-state index in [0.717, 1.165) is 34.4 Å². The van der Waals surface area contributed by atoms with Crippen molar-refractivity contribution in [1.82, 2.24) is 10.3 Å². The highest BCUT2D eigenvalue weighted by Gasteiger charge is 2.32. The minimum Gasteiger partial charge on any atom is -0.392 e. The quantitative estimate of drug-likeness (QED) is 0.267. The number of thioether (sulfide) groups is 1. The molecule has 2 heterocycles. The first-order chi connectivity index (χ1) is 18.7. The summed E-state index contributed by atoms with van der Waals surface area (Å²) in [5, 5.41) is 12.3. The van der Waals surface area contributed by atoms with Crippen molar-refractivity contribution in [3.8, 4) is 0 Å². The summed E-state index contributed by atoms with van der Waals surface area (Å²) >= 11 is 1.78. The average molecular weight is 527 g/mol. The molecule has 1 aliphatic rings. The van der Waals surface area contributed by atoms with Gasteiger partial charge in [-0.3, -0.25) is 9.78 Å². The Bertz CT molecular complexity index is 1300. The molecule has 1 saturated heterocycles. The van der Waals surface area contributed by atoms with Gasteiger partial charge in [-0.25, -0.2) is 0 Å². The van der Waals surface area contributed by atoms with Gasteiger partial charge in [0.15, 0.2) is 6.29 Å². The Morgan fingerprint density at radius 2 is 1.63 bits per heavy atom. The maximum Gasteiger partial charge on any atom is 0.253 e. The van der Waals surface area contributed by atoms with Crippen LogP contribution in [0.4, 0.5) is 0 Å². The summed E-state index contributed by atoms with van der Waals surface area (Å²) in [6.45, 7) is 0.430. The van der Waals surface area contributed by atoms with Crippen LogP contribution in [0.25, 0.3) is 0 Å². The number of rotatable bonds is 9. The van der Waals surface area contributed by atoms with Crippen LogP contribution in [0.2, 0.25) is 0 Å². The van der Waals surface area contributed by atoms with E-state index in [1.165, 1.54) is 4.90 Å². The molecule has 0 radical (unpaired) electrons. The second kappa shape index (κ2) is 12.8. The molecule has 1 aromatic heterocycles. The Morgan fingerprint density at radius 3 is 2.34 bits per heavy atom. The monoisotopic (exact) mass is 526 g/mol. The second-order valence-electron chi connectivity index (χ2n) is 9.14. The molecule has 0 aliphatic carbocycles. The summed E-state index contributed by atoms with van der Waals surface area (Å²) in [6.07, 6.45) is 3.31. The normalized spacial score (nSPS) is 19.1. The van der Waals surface area contributed by atoms with E-state index in [1.54, 1.807) is 36.3 Å². The SMILES string of the molecule is O=C(NCc1ccc([C@H]2O[C@@H](CSc3ccccc3)C[C@@H](c3ccc(CO)cc3)O2)cc1)c1cccnc1. The molecule has 2 N–H and O–H groups in total. The molecule has 6 nitrogen and oxygen atoms in total. The third-order valence-electron chi connectivity index (χ3n) is 6.42. The zero-order valence-corrected chi connectivity index (χ0v) is 21.7. The molecule has 194 valence electrons.